The third-order valence-corrected chi connectivity index (χ3v) is 5.73. The van der Waals surface area contributed by atoms with Gasteiger partial charge in [0.05, 0.1) is 41.2 Å². The van der Waals surface area contributed by atoms with E-state index in [-0.39, 0.29) is 0 Å². The lowest BCUT2D eigenvalue weighted by molar-refractivity contribution is 0.395. The van der Waals surface area contributed by atoms with Crippen molar-refractivity contribution in [1.29, 1.82) is 0 Å². The summed E-state index contributed by atoms with van der Waals surface area (Å²) in [5, 5.41) is 4.84. The molecule has 3 N–H and O–H groups in total. The lowest BCUT2D eigenvalue weighted by atomic mass is 10.0. The Labute approximate surface area is 189 Å². The van der Waals surface area contributed by atoms with Gasteiger partial charge in [0.15, 0.2) is 0 Å². The zero-order valence-corrected chi connectivity index (χ0v) is 18.7. The largest absolute Gasteiger partial charge is 0.495 e. The van der Waals surface area contributed by atoms with Gasteiger partial charge in [-0.25, -0.2) is 9.97 Å². The Morgan fingerprint density at radius 2 is 1.68 bits per heavy atom. The number of rotatable bonds is 5. The van der Waals surface area contributed by atoms with Crippen LogP contribution in [0.3, 0.4) is 0 Å². The summed E-state index contributed by atoms with van der Waals surface area (Å²) in [6.45, 7) is 1.97. The van der Waals surface area contributed by atoms with Gasteiger partial charge < -0.3 is 20.5 Å². The van der Waals surface area contributed by atoms with Gasteiger partial charge in [-0.05, 0) is 36.2 Å². The van der Waals surface area contributed by atoms with Crippen molar-refractivity contribution >= 4 is 51.4 Å². The minimum atomic E-state index is 0.405. The molecule has 0 bridgehead atoms. The van der Waals surface area contributed by atoms with E-state index in [1.54, 1.807) is 26.5 Å². The molecule has 1 heterocycles. The average Bonchev–Trinajstić information content (AvgIpc) is 2.76. The molecule has 1 aromatic heterocycles. The maximum Gasteiger partial charge on any atom is 0.227 e. The summed E-state index contributed by atoms with van der Waals surface area (Å²) in [7, 11) is 3.09. The van der Waals surface area contributed by atoms with E-state index in [0.29, 0.717) is 38.7 Å². The third-order valence-electron chi connectivity index (χ3n) is 4.98. The second kappa shape index (κ2) is 8.49. The van der Waals surface area contributed by atoms with E-state index in [4.69, 9.17) is 38.4 Å². The number of nitrogens with two attached hydrogens (primary N) is 1. The van der Waals surface area contributed by atoms with Gasteiger partial charge in [-0.2, -0.15) is 0 Å². The summed E-state index contributed by atoms with van der Waals surface area (Å²) in [6.07, 6.45) is 1.74. The van der Waals surface area contributed by atoms with Crippen LogP contribution in [0.1, 0.15) is 5.56 Å². The van der Waals surface area contributed by atoms with E-state index >= 15 is 0 Å². The number of ether oxygens (including phenoxy) is 2. The van der Waals surface area contributed by atoms with E-state index < -0.39 is 0 Å². The number of methoxy groups -OCH3 is 2. The second-order valence-electron chi connectivity index (χ2n) is 6.92. The Kier molecular flexibility index (Phi) is 5.76. The van der Waals surface area contributed by atoms with Crippen molar-refractivity contribution in [3.8, 4) is 22.6 Å². The highest BCUT2D eigenvalue weighted by atomic mass is 35.5. The number of fused-ring (bicyclic) bond motifs is 1. The Morgan fingerprint density at radius 3 is 2.32 bits per heavy atom. The summed E-state index contributed by atoms with van der Waals surface area (Å²) in [5.41, 5.74) is 10.7. The van der Waals surface area contributed by atoms with Crippen molar-refractivity contribution in [2.45, 2.75) is 6.92 Å². The average molecular weight is 455 g/mol. The number of hydrogen-bond acceptors (Lipinski definition) is 6. The quantitative estimate of drug-likeness (QED) is 0.346. The van der Waals surface area contributed by atoms with Gasteiger partial charge in [-0.1, -0.05) is 41.4 Å². The van der Waals surface area contributed by atoms with Crippen molar-refractivity contribution < 1.29 is 9.47 Å². The van der Waals surface area contributed by atoms with Crippen LogP contribution in [-0.4, -0.2) is 24.2 Å². The number of hydrogen-bond donors (Lipinski definition) is 2. The van der Waals surface area contributed by atoms with E-state index in [2.05, 4.69) is 15.3 Å². The highest BCUT2D eigenvalue weighted by Gasteiger charge is 2.19. The predicted octanol–water partition coefficient (Wildman–Crippen LogP) is 6.26. The van der Waals surface area contributed by atoms with Crippen LogP contribution in [0.25, 0.3) is 22.0 Å². The van der Waals surface area contributed by atoms with Crippen LogP contribution in [0.2, 0.25) is 10.0 Å². The first-order valence-electron chi connectivity index (χ1n) is 9.42. The molecule has 0 saturated heterocycles. The molecular formula is C23H20Cl2N4O2. The van der Waals surface area contributed by atoms with Crippen LogP contribution >= 0.6 is 23.2 Å². The molecule has 0 aliphatic carbocycles. The zero-order chi connectivity index (χ0) is 22.1. The van der Waals surface area contributed by atoms with Crippen molar-refractivity contribution in [2.75, 3.05) is 25.3 Å². The van der Waals surface area contributed by atoms with Crippen LogP contribution in [0.5, 0.6) is 11.5 Å². The number of nitrogens with one attached hydrogen (secondary N) is 1. The normalized spacial score (nSPS) is 10.9. The highest BCUT2D eigenvalue weighted by Crippen LogP contribution is 2.46. The molecule has 0 radical (unpaired) electrons. The first-order valence-corrected chi connectivity index (χ1v) is 10.2. The van der Waals surface area contributed by atoms with Gasteiger partial charge in [-0.3, -0.25) is 0 Å². The molecule has 3 aromatic carbocycles. The molecule has 6 nitrogen and oxygen atoms in total. The molecule has 0 unspecified atom stereocenters. The van der Waals surface area contributed by atoms with E-state index in [1.165, 1.54) is 0 Å². The number of aryl methyl sites for hydroxylation is 1. The van der Waals surface area contributed by atoms with Gasteiger partial charge in [0, 0.05) is 23.2 Å². The first-order chi connectivity index (χ1) is 14.9. The number of anilines is 3. The van der Waals surface area contributed by atoms with Gasteiger partial charge in [-0.15, -0.1) is 0 Å². The lowest BCUT2D eigenvalue weighted by Gasteiger charge is -2.15. The fourth-order valence-electron chi connectivity index (χ4n) is 3.36. The molecule has 31 heavy (non-hydrogen) atoms. The highest BCUT2D eigenvalue weighted by molar-refractivity contribution is 6.41. The van der Waals surface area contributed by atoms with Crippen LogP contribution in [-0.2, 0) is 0 Å². The molecule has 4 aromatic rings. The minimum absolute atomic E-state index is 0.405. The fraction of sp³-hybridized carbons (Fsp3) is 0.130. The smallest absolute Gasteiger partial charge is 0.227 e. The van der Waals surface area contributed by atoms with E-state index in [0.717, 1.165) is 27.7 Å². The van der Waals surface area contributed by atoms with Gasteiger partial charge in [0.2, 0.25) is 5.95 Å². The Bertz CT molecular complexity index is 1250. The Morgan fingerprint density at radius 1 is 0.968 bits per heavy atom. The van der Waals surface area contributed by atoms with Gasteiger partial charge in [0.1, 0.15) is 11.5 Å². The Balaban J connectivity index is 1.76. The zero-order valence-electron chi connectivity index (χ0n) is 17.2. The van der Waals surface area contributed by atoms with Crippen LogP contribution < -0.4 is 20.5 Å². The molecule has 158 valence electrons. The number of aromatic nitrogens is 2. The van der Waals surface area contributed by atoms with Gasteiger partial charge >= 0.3 is 0 Å². The predicted molar refractivity (Wildman–Crippen MR) is 127 cm³/mol. The molecule has 0 atom stereocenters. The number of nitrogen functional groups attached to an aromatic ring is 1. The number of para-hydroxylation sites is 1. The van der Waals surface area contributed by atoms with Crippen LogP contribution in [0.4, 0.5) is 17.3 Å². The van der Waals surface area contributed by atoms with Crippen molar-refractivity contribution in [3.63, 3.8) is 0 Å². The topological polar surface area (TPSA) is 82.3 Å². The summed E-state index contributed by atoms with van der Waals surface area (Å²) in [6, 6.07) is 13.1. The fourth-order valence-corrected chi connectivity index (χ4v) is 4.08. The summed E-state index contributed by atoms with van der Waals surface area (Å²) >= 11 is 13.1. The van der Waals surface area contributed by atoms with Gasteiger partial charge in [0.25, 0.3) is 0 Å². The molecule has 4 rings (SSSR count). The van der Waals surface area contributed by atoms with E-state index in [1.807, 2.05) is 43.3 Å². The number of benzene rings is 3. The maximum absolute atomic E-state index is 6.56. The lowest BCUT2D eigenvalue weighted by Crippen LogP contribution is -2.02. The standard InChI is InChI=1S/C23H20Cl2N4O2/c1-12-5-4-6-15(26)22(12)29-23-27-11-14-9-13(7-8-16(14)28-23)19-20(24)17(30-2)10-18(31-3)21(19)25/h4-11H,26H2,1-3H3,(H,27,28,29). The van der Waals surface area contributed by atoms with Crippen molar-refractivity contribution in [1.82, 2.24) is 9.97 Å². The van der Waals surface area contributed by atoms with Crippen LogP contribution in [0.15, 0.2) is 48.7 Å². The monoisotopic (exact) mass is 454 g/mol. The van der Waals surface area contributed by atoms with Crippen molar-refractivity contribution in [3.05, 3.63) is 64.3 Å². The molecule has 0 saturated carbocycles. The molecule has 0 fully saturated rings. The second-order valence-corrected chi connectivity index (χ2v) is 7.67. The van der Waals surface area contributed by atoms with E-state index in [9.17, 15) is 0 Å². The molecule has 0 aliphatic rings. The molecule has 0 spiro atoms. The molecule has 0 amide bonds. The summed E-state index contributed by atoms with van der Waals surface area (Å²) < 4.78 is 10.7. The summed E-state index contributed by atoms with van der Waals surface area (Å²) in [5.74, 6) is 1.41. The SMILES string of the molecule is COc1cc(OC)c(Cl)c(-c2ccc3nc(Nc4c(C)cccc4N)ncc3c2)c1Cl. The van der Waals surface area contributed by atoms with Crippen LogP contribution in [0, 0.1) is 6.92 Å². The molecule has 8 heteroatoms. The first kappa shape index (κ1) is 21.0. The number of halogens is 2. The Hall–Kier alpha value is -3.22. The molecule has 0 aliphatic heterocycles. The number of nitrogens with zero attached hydrogens (tertiary/aromatic N) is 2. The third kappa shape index (κ3) is 3.92. The molecular weight excluding hydrogens is 435 g/mol. The minimum Gasteiger partial charge on any atom is -0.495 e. The van der Waals surface area contributed by atoms with Crippen molar-refractivity contribution in [2.24, 2.45) is 0 Å². The summed E-state index contributed by atoms with van der Waals surface area (Å²) in [4.78, 5) is 9.05. The maximum atomic E-state index is 6.56.